The van der Waals surface area contributed by atoms with Crippen LogP contribution in [-0.4, -0.2) is 31.9 Å². The minimum atomic E-state index is 0.574. The number of rotatable bonds is 7. The van der Waals surface area contributed by atoms with Crippen molar-refractivity contribution in [1.29, 1.82) is 0 Å². The number of aromatic nitrogens is 1. The molecule has 0 unspecified atom stereocenters. The van der Waals surface area contributed by atoms with Crippen molar-refractivity contribution in [3.05, 3.63) is 18.3 Å². The van der Waals surface area contributed by atoms with E-state index in [1.54, 1.807) is 13.3 Å². The fraction of sp³-hybridized carbons (Fsp3) is 0.583. The van der Waals surface area contributed by atoms with Crippen LogP contribution in [0.4, 0.5) is 5.82 Å². The quantitative estimate of drug-likeness (QED) is 0.721. The molecule has 16 heavy (non-hydrogen) atoms. The van der Waals surface area contributed by atoms with Crippen LogP contribution in [0.3, 0.4) is 0 Å². The molecule has 0 saturated carbocycles. The van der Waals surface area contributed by atoms with Gasteiger partial charge in [-0.05, 0) is 18.1 Å². The van der Waals surface area contributed by atoms with Crippen LogP contribution in [-0.2, 0) is 4.74 Å². The average Bonchev–Trinajstić information content (AvgIpc) is 2.29. The molecule has 0 fully saturated rings. The Morgan fingerprint density at radius 2 is 2.25 bits per heavy atom. The highest BCUT2D eigenvalue weighted by molar-refractivity contribution is 5.49. The first-order chi connectivity index (χ1) is 7.74. The summed E-state index contributed by atoms with van der Waals surface area (Å²) in [7, 11) is 1.64. The van der Waals surface area contributed by atoms with Gasteiger partial charge in [0.1, 0.15) is 0 Å². The minimum Gasteiger partial charge on any atom is -0.493 e. The monoisotopic (exact) mass is 224 g/mol. The topological polar surface area (TPSA) is 43.4 Å². The largest absolute Gasteiger partial charge is 0.493 e. The molecule has 90 valence electrons. The highest BCUT2D eigenvalue weighted by Crippen LogP contribution is 2.19. The molecule has 4 heteroatoms. The van der Waals surface area contributed by atoms with Crippen LogP contribution >= 0.6 is 0 Å². The van der Waals surface area contributed by atoms with Gasteiger partial charge in [-0.1, -0.05) is 13.8 Å². The van der Waals surface area contributed by atoms with Gasteiger partial charge in [0.15, 0.2) is 11.6 Å². The molecule has 0 aliphatic rings. The third-order valence-electron chi connectivity index (χ3n) is 1.98. The summed E-state index contributed by atoms with van der Waals surface area (Å²) < 4.78 is 10.6. The lowest BCUT2D eigenvalue weighted by Crippen LogP contribution is -2.13. The Kier molecular flexibility index (Phi) is 5.64. The zero-order valence-corrected chi connectivity index (χ0v) is 10.2. The lowest BCUT2D eigenvalue weighted by Gasteiger charge is -2.10. The average molecular weight is 224 g/mol. The van der Waals surface area contributed by atoms with E-state index in [4.69, 9.17) is 9.47 Å². The highest BCUT2D eigenvalue weighted by Gasteiger charge is 2.01. The highest BCUT2D eigenvalue weighted by atomic mass is 16.5. The molecular formula is C12H20N2O2. The van der Waals surface area contributed by atoms with Gasteiger partial charge >= 0.3 is 0 Å². The first-order valence-electron chi connectivity index (χ1n) is 5.54. The molecule has 0 bridgehead atoms. The van der Waals surface area contributed by atoms with Gasteiger partial charge < -0.3 is 14.8 Å². The summed E-state index contributed by atoms with van der Waals surface area (Å²) >= 11 is 0. The van der Waals surface area contributed by atoms with Crippen LogP contribution in [0.2, 0.25) is 0 Å². The Morgan fingerprint density at radius 1 is 1.44 bits per heavy atom. The molecular weight excluding hydrogens is 204 g/mol. The lowest BCUT2D eigenvalue weighted by molar-refractivity contribution is 0.118. The van der Waals surface area contributed by atoms with Crippen molar-refractivity contribution in [2.45, 2.75) is 13.8 Å². The molecule has 0 spiro atoms. The van der Waals surface area contributed by atoms with Gasteiger partial charge in [-0.3, -0.25) is 0 Å². The molecule has 0 saturated heterocycles. The van der Waals surface area contributed by atoms with E-state index in [0.717, 1.165) is 24.7 Å². The van der Waals surface area contributed by atoms with Crippen molar-refractivity contribution >= 4 is 5.82 Å². The van der Waals surface area contributed by atoms with E-state index >= 15 is 0 Å². The van der Waals surface area contributed by atoms with Gasteiger partial charge in [0, 0.05) is 19.3 Å². The van der Waals surface area contributed by atoms with Crippen molar-refractivity contribution in [2.24, 2.45) is 5.92 Å². The summed E-state index contributed by atoms with van der Waals surface area (Å²) in [6.07, 6.45) is 1.74. The van der Waals surface area contributed by atoms with Crippen molar-refractivity contribution in [2.75, 3.05) is 32.2 Å². The summed E-state index contributed by atoms with van der Waals surface area (Å²) in [5, 5.41) is 3.18. The minimum absolute atomic E-state index is 0.574. The standard InChI is InChI=1S/C12H20N2O2/c1-10(2)9-16-8-7-14-12-11(15-3)5-4-6-13-12/h4-6,10H,7-9H2,1-3H3,(H,13,14). The lowest BCUT2D eigenvalue weighted by atomic mass is 10.2. The zero-order valence-electron chi connectivity index (χ0n) is 10.2. The number of hydrogen-bond acceptors (Lipinski definition) is 4. The molecule has 1 rings (SSSR count). The van der Waals surface area contributed by atoms with Crippen LogP contribution in [0.5, 0.6) is 5.75 Å². The Balaban J connectivity index is 2.26. The Hall–Kier alpha value is -1.29. The summed E-state index contributed by atoms with van der Waals surface area (Å²) in [5.74, 6) is 2.09. The molecule has 1 heterocycles. The van der Waals surface area contributed by atoms with Crippen molar-refractivity contribution in [3.63, 3.8) is 0 Å². The number of nitrogens with one attached hydrogen (secondary N) is 1. The molecule has 4 nitrogen and oxygen atoms in total. The van der Waals surface area contributed by atoms with Crippen LogP contribution in [0.25, 0.3) is 0 Å². The maximum absolute atomic E-state index is 5.46. The van der Waals surface area contributed by atoms with Crippen LogP contribution in [0.1, 0.15) is 13.8 Å². The van der Waals surface area contributed by atoms with E-state index in [2.05, 4.69) is 24.1 Å². The maximum atomic E-state index is 5.46. The predicted octanol–water partition coefficient (Wildman–Crippen LogP) is 2.17. The van der Waals surface area contributed by atoms with Crippen molar-refractivity contribution < 1.29 is 9.47 Å². The van der Waals surface area contributed by atoms with Gasteiger partial charge in [0.2, 0.25) is 0 Å². The van der Waals surface area contributed by atoms with Gasteiger partial charge in [-0.2, -0.15) is 0 Å². The van der Waals surface area contributed by atoms with Crippen LogP contribution in [0.15, 0.2) is 18.3 Å². The Bertz CT molecular complexity index is 303. The third kappa shape index (κ3) is 4.49. The molecule has 0 atom stereocenters. The second kappa shape index (κ2) is 7.06. The van der Waals surface area contributed by atoms with Gasteiger partial charge in [0.25, 0.3) is 0 Å². The number of nitrogens with zero attached hydrogens (tertiary/aromatic N) is 1. The normalized spacial score (nSPS) is 10.5. The molecule has 0 radical (unpaired) electrons. The summed E-state index contributed by atoms with van der Waals surface area (Å²) in [6.45, 7) is 6.48. The van der Waals surface area contributed by atoms with Crippen LogP contribution in [0, 0.1) is 5.92 Å². The third-order valence-corrected chi connectivity index (χ3v) is 1.98. The summed E-state index contributed by atoms with van der Waals surface area (Å²) in [4.78, 5) is 4.19. The fourth-order valence-corrected chi connectivity index (χ4v) is 1.25. The SMILES string of the molecule is COc1cccnc1NCCOCC(C)C. The van der Waals surface area contributed by atoms with Crippen molar-refractivity contribution in [1.82, 2.24) is 4.98 Å². The maximum Gasteiger partial charge on any atom is 0.168 e. The summed E-state index contributed by atoms with van der Waals surface area (Å²) in [6, 6.07) is 3.73. The molecule has 0 aliphatic carbocycles. The first kappa shape index (κ1) is 12.8. The number of ether oxygens (including phenoxy) is 2. The molecule has 0 amide bonds. The predicted molar refractivity (Wildman–Crippen MR) is 64.9 cm³/mol. The molecule has 0 aromatic carbocycles. The van der Waals surface area contributed by atoms with Crippen molar-refractivity contribution in [3.8, 4) is 5.75 Å². The van der Waals surface area contributed by atoms with E-state index in [1.165, 1.54) is 0 Å². The smallest absolute Gasteiger partial charge is 0.168 e. The summed E-state index contributed by atoms with van der Waals surface area (Å²) in [5.41, 5.74) is 0. The van der Waals surface area contributed by atoms with E-state index in [1.807, 2.05) is 12.1 Å². The number of hydrogen-bond donors (Lipinski definition) is 1. The Morgan fingerprint density at radius 3 is 2.94 bits per heavy atom. The number of methoxy groups -OCH3 is 1. The van der Waals surface area contributed by atoms with Crippen LogP contribution < -0.4 is 10.1 Å². The fourth-order valence-electron chi connectivity index (χ4n) is 1.25. The molecule has 1 N–H and O–H groups in total. The second-order valence-electron chi connectivity index (χ2n) is 3.95. The Labute approximate surface area is 97.0 Å². The molecule has 1 aromatic rings. The van der Waals surface area contributed by atoms with E-state index in [9.17, 15) is 0 Å². The number of anilines is 1. The van der Waals surface area contributed by atoms with E-state index in [0.29, 0.717) is 12.5 Å². The molecule has 1 aromatic heterocycles. The molecule has 0 aliphatic heterocycles. The first-order valence-corrected chi connectivity index (χ1v) is 5.54. The number of pyridine rings is 1. The van der Waals surface area contributed by atoms with E-state index in [-0.39, 0.29) is 0 Å². The van der Waals surface area contributed by atoms with Gasteiger partial charge in [0.05, 0.1) is 13.7 Å². The second-order valence-corrected chi connectivity index (χ2v) is 3.95. The van der Waals surface area contributed by atoms with Gasteiger partial charge in [-0.15, -0.1) is 0 Å². The zero-order chi connectivity index (χ0) is 11.8. The van der Waals surface area contributed by atoms with Gasteiger partial charge in [-0.25, -0.2) is 4.98 Å². The van der Waals surface area contributed by atoms with E-state index < -0.39 is 0 Å².